The zero-order chi connectivity index (χ0) is 12.0. The molecule has 1 fully saturated rings. The van der Waals surface area contributed by atoms with Gasteiger partial charge in [0.05, 0.1) is 6.42 Å². The van der Waals surface area contributed by atoms with Gasteiger partial charge in [-0.3, -0.25) is 14.5 Å². The Morgan fingerprint density at radius 2 is 2.25 bits per heavy atom. The third kappa shape index (κ3) is 4.18. The summed E-state index contributed by atoms with van der Waals surface area (Å²) in [6.45, 7) is 4.12. The number of carboxylic acid groups (broad SMARTS) is 1. The molecule has 16 heavy (non-hydrogen) atoms. The standard InChI is InChI=1S/C11H20N2O3/c1-2-12-10(14)5-7-13-6-3-4-9(13)8-11(15)16/h9H,2-8H2,1H3,(H,12,14)(H,15,16). The summed E-state index contributed by atoms with van der Waals surface area (Å²) in [5.41, 5.74) is 0. The number of amides is 1. The van der Waals surface area contributed by atoms with Gasteiger partial charge in [-0.25, -0.2) is 0 Å². The van der Waals surface area contributed by atoms with Crippen molar-refractivity contribution in [2.45, 2.75) is 38.6 Å². The van der Waals surface area contributed by atoms with Crippen LogP contribution in [0.25, 0.3) is 0 Å². The fraction of sp³-hybridized carbons (Fsp3) is 0.818. The van der Waals surface area contributed by atoms with Crippen LogP contribution >= 0.6 is 0 Å². The van der Waals surface area contributed by atoms with Crippen molar-refractivity contribution in [2.24, 2.45) is 0 Å². The normalized spacial score (nSPS) is 20.9. The van der Waals surface area contributed by atoms with E-state index in [-0.39, 0.29) is 18.4 Å². The maximum absolute atomic E-state index is 11.3. The summed E-state index contributed by atoms with van der Waals surface area (Å²) in [5.74, 6) is -0.710. The molecule has 2 N–H and O–H groups in total. The van der Waals surface area contributed by atoms with Crippen LogP contribution in [0.3, 0.4) is 0 Å². The Hall–Kier alpha value is -1.10. The minimum absolute atomic E-state index is 0.0449. The van der Waals surface area contributed by atoms with Gasteiger partial charge in [-0.1, -0.05) is 0 Å². The number of hydrogen-bond donors (Lipinski definition) is 2. The second-order valence-corrected chi connectivity index (χ2v) is 4.13. The summed E-state index contributed by atoms with van der Waals surface area (Å²) in [6.07, 6.45) is 2.62. The van der Waals surface area contributed by atoms with Crippen molar-refractivity contribution in [1.82, 2.24) is 10.2 Å². The van der Waals surface area contributed by atoms with Crippen LogP contribution in [0.4, 0.5) is 0 Å². The van der Waals surface area contributed by atoms with Crippen LogP contribution in [0.5, 0.6) is 0 Å². The molecule has 0 spiro atoms. The number of aliphatic carboxylic acids is 1. The lowest BCUT2D eigenvalue weighted by Crippen LogP contribution is -2.35. The van der Waals surface area contributed by atoms with E-state index in [0.29, 0.717) is 19.5 Å². The molecular weight excluding hydrogens is 208 g/mol. The van der Waals surface area contributed by atoms with Crippen LogP contribution in [0.1, 0.15) is 32.6 Å². The minimum Gasteiger partial charge on any atom is -0.481 e. The molecule has 1 rings (SSSR count). The zero-order valence-electron chi connectivity index (χ0n) is 9.74. The quantitative estimate of drug-likeness (QED) is 0.692. The Labute approximate surface area is 95.8 Å². The number of nitrogens with one attached hydrogen (secondary N) is 1. The number of rotatable bonds is 6. The lowest BCUT2D eigenvalue weighted by molar-refractivity contribution is -0.138. The van der Waals surface area contributed by atoms with E-state index in [4.69, 9.17) is 5.11 Å². The van der Waals surface area contributed by atoms with Gasteiger partial charge in [0, 0.05) is 25.6 Å². The van der Waals surface area contributed by atoms with E-state index >= 15 is 0 Å². The lowest BCUT2D eigenvalue weighted by Gasteiger charge is -2.22. The van der Waals surface area contributed by atoms with Crippen molar-refractivity contribution in [3.05, 3.63) is 0 Å². The second-order valence-electron chi connectivity index (χ2n) is 4.13. The third-order valence-electron chi connectivity index (χ3n) is 2.91. The SMILES string of the molecule is CCNC(=O)CCN1CCCC1CC(=O)O. The van der Waals surface area contributed by atoms with Gasteiger partial charge < -0.3 is 10.4 Å². The first-order chi connectivity index (χ1) is 7.63. The molecule has 5 nitrogen and oxygen atoms in total. The Morgan fingerprint density at radius 1 is 1.50 bits per heavy atom. The summed E-state index contributed by atoms with van der Waals surface area (Å²) in [5, 5.41) is 11.5. The van der Waals surface area contributed by atoms with Crippen LogP contribution in [0, 0.1) is 0 Å². The summed E-state index contributed by atoms with van der Waals surface area (Å²) >= 11 is 0. The number of nitrogens with zero attached hydrogens (tertiary/aromatic N) is 1. The highest BCUT2D eigenvalue weighted by atomic mass is 16.4. The number of carbonyl (C=O) groups is 2. The number of likely N-dealkylation sites (tertiary alicyclic amines) is 1. The molecule has 92 valence electrons. The molecule has 0 bridgehead atoms. The molecule has 0 aromatic carbocycles. The van der Waals surface area contributed by atoms with Gasteiger partial charge in [-0.05, 0) is 26.3 Å². The fourth-order valence-electron chi connectivity index (χ4n) is 2.15. The first-order valence-corrected chi connectivity index (χ1v) is 5.86. The van der Waals surface area contributed by atoms with Crippen LogP contribution < -0.4 is 5.32 Å². The second kappa shape index (κ2) is 6.48. The van der Waals surface area contributed by atoms with E-state index in [1.54, 1.807) is 0 Å². The predicted octanol–water partition coefficient (Wildman–Crippen LogP) is 0.452. The molecule has 5 heteroatoms. The van der Waals surface area contributed by atoms with Crippen LogP contribution in [0.15, 0.2) is 0 Å². The topological polar surface area (TPSA) is 69.6 Å². The molecule has 0 radical (unpaired) electrons. The Morgan fingerprint density at radius 3 is 2.88 bits per heavy atom. The summed E-state index contributed by atoms with van der Waals surface area (Å²) in [4.78, 5) is 24.0. The van der Waals surface area contributed by atoms with Gasteiger partial charge in [0.2, 0.25) is 5.91 Å². The third-order valence-corrected chi connectivity index (χ3v) is 2.91. The molecule has 0 aliphatic carbocycles. The fourth-order valence-corrected chi connectivity index (χ4v) is 2.15. The average molecular weight is 228 g/mol. The van der Waals surface area contributed by atoms with Gasteiger partial charge in [-0.2, -0.15) is 0 Å². The molecular formula is C11H20N2O3. The van der Waals surface area contributed by atoms with Gasteiger partial charge in [0.25, 0.3) is 0 Å². The van der Waals surface area contributed by atoms with Gasteiger partial charge in [0.1, 0.15) is 0 Å². The first kappa shape index (κ1) is 13.0. The van der Waals surface area contributed by atoms with Crippen LogP contribution in [-0.4, -0.2) is 47.6 Å². The summed E-state index contributed by atoms with van der Waals surface area (Å²) in [6, 6.07) is 0.118. The number of carbonyl (C=O) groups excluding carboxylic acids is 1. The molecule has 0 saturated carbocycles. The molecule has 1 atom stereocenters. The number of hydrogen-bond acceptors (Lipinski definition) is 3. The summed E-state index contributed by atoms with van der Waals surface area (Å²) in [7, 11) is 0. The minimum atomic E-state index is -0.755. The van der Waals surface area contributed by atoms with E-state index in [1.807, 2.05) is 6.92 Å². The van der Waals surface area contributed by atoms with Crippen molar-refractivity contribution in [1.29, 1.82) is 0 Å². The van der Waals surface area contributed by atoms with Gasteiger partial charge >= 0.3 is 5.97 Å². The summed E-state index contributed by atoms with van der Waals surface area (Å²) < 4.78 is 0. The average Bonchev–Trinajstić information content (AvgIpc) is 2.62. The van der Waals surface area contributed by atoms with E-state index in [0.717, 1.165) is 19.4 Å². The molecule has 1 saturated heterocycles. The highest BCUT2D eigenvalue weighted by molar-refractivity contribution is 5.76. The molecule has 1 aliphatic heterocycles. The van der Waals surface area contributed by atoms with Crippen LogP contribution in [-0.2, 0) is 9.59 Å². The maximum atomic E-state index is 11.3. The molecule has 1 aliphatic rings. The van der Waals surface area contributed by atoms with Crippen molar-refractivity contribution < 1.29 is 14.7 Å². The molecule has 0 aromatic heterocycles. The van der Waals surface area contributed by atoms with E-state index < -0.39 is 5.97 Å². The molecule has 1 amide bonds. The molecule has 1 heterocycles. The largest absolute Gasteiger partial charge is 0.481 e. The van der Waals surface area contributed by atoms with E-state index in [2.05, 4.69) is 10.2 Å². The zero-order valence-corrected chi connectivity index (χ0v) is 9.74. The maximum Gasteiger partial charge on any atom is 0.304 e. The predicted molar refractivity (Wildman–Crippen MR) is 60.1 cm³/mol. The van der Waals surface area contributed by atoms with Crippen molar-refractivity contribution in [3.8, 4) is 0 Å². The van der Waals surface area contributed by atoms with Crippen molar-refractivity contribution in [3.63, 3.8) is 0 Å². The van der Waals surface area contributed by atoms with Crippen molar-refractivity contribution in [2.75, 3.05) is 19.6 Å². The Balaban J connectivity index is 2.29. The lowest BCUT2D eigenvalue weighted by atomic mass is 10.1. The molecule has 1 unspecified atom stereocenters. The highest BCUT2D eigenvalue weighted by Gasteiger charge is 2.26. The Kier molecular flexibility index (Phi) is 5.25. The smallest absolute Gasteiger partial charge is 0.304 e. The first-order valence-electron chi connectivity index (χ1n) is 5.86. The van der Waals surface area contributed by atoms with Crippen LogP contribution in [0.2, 0.25) is 0 Å². The molecule has 0 aromatic rings. The van der Waals surface area contributed by atoms with Gasteiger partial charge in [0.15, 0.2) is 0 Å². The highest BCUT2D eigenvalue weighted by Crippen LogP contribution is 2.19. The van der Waals surface area contributed by atoms with Gasteiger partial charge in [-0.15, -0.1) is 0 Å². The van der Waals surface area contributed by atoms with E-state index in [1.165, 1.54) is 0 Å². The number of carboxylic acids is 1. The van der Waals surface area contributed by atoms with Crippen molar-refractivity contribution >= 4 is 11.9 Å². The van der Waals surface area contributed by atoms with E-state index in [9.17, 15) is 9.59 Å². The monoisotopic (exact) mass is 228 g/mol. The Bertz CT molecular complexity index is 256.